The second kappa shape index (κ2) is 13.9. The van der Waals surface area contributed by atoms with Gasteiger partial charge in [0.15, 0.2) is 0 Å². The lowest BCUT2D eigenvalue weighted by Gasteiger charge is -2.29. The minimum absolute atomic E-state index is 0.110. The van der Waals surface area contributed by atoms with Crippen LogP contribution >= 0.6 is 0 Å². The molecule has 2 unspecified atom stereocenters. The molecule has 0 radical (unpaired) electrons. The molecule has 2 atom stereocenters. The Balaban J connectivity index is 0. The van der Waals surface area contributed by atoms with Gasteiger partial charge in [-0.05, 0) is 40.5 Å². The van der Waals surface area contributed by atoms with Crippen LogP contribution in [0.25, 0.3) is 0 Å². The van der Waals surface area contributed by atoms with Crippen molar-refractivity contribution in [2.45, 2.75) is 78.1 Å². The summed E-state index contributed by atoms with van der Waals surface area (Å²) in [4.78, 5) is 0. The molecule has 7 heteroatoms. The van der Waals surface area contributed by atoms with E-state index in [1.165, 1.54) is 0 Å². The predicted molar refractivity (Wildman–Crippen MR) is 96.8 cm³/mol. The molecule has 0 aromatic heterocycles. The van der Waals surface area contributed by atoms with Crippen molar-refractivity contribution in [3.8, 4) is 0 Å². The van der Waals surface area contributed by atoms with Gasteiger partial charge >= 0.3 is 9.28 Å². The summed E-state index contributed by atoms with van der Waals surface area (Å²) < 4.78 is 16.3. The zero-order valence-corrected chi connectivity index (χ0v) is 18.3. The fourth-order valence-corrected chi connectivity index (χ4v) is 3.86. The molecule has 21 heavy (non-hydrogen) atoms. The van der Waals surface area contributed by atoms with Crippen molar-refractivity contribution in [3.63, 3.8) is 0 Å². The highest BCUT2D eigenvalue weighted by molar-refractivity contribution is 6.44. The maximum atomic E-state index is 5.81. The lowest BCUT2D eigenvalue weighted by atomic mass is 9.98. The Morgan fingerprint density at radius 2 is 1.48 bits per heavy atom. The van der Waals surface area contributed by atoms with Gasteiger partial charge in [0.05, 0.1) is 5.60 Å². The zero-order chi connectivity index (χ0) is 16.9. The molecule has 0 aromatic carbocycles. The van der Waals surface area contributed by atoms with Gasteiger partial charge in [-0.2, -0.15) is 0 Å². The predicted octanol–water partition coefficient (Wildman–Crippen LogP) is 0.817. The number of hydrogen-bond acceptors (Lipinski definition) is 5. The minimum atomic E-state index is -1.43. The first-order chi connectivity index (χ1) is 9.78. The Hall–Kier alpha value is 0.234. The molecule has 0 heterocycles. The van der Waals surface area contributed by atoms with Crippen LogP contribution in [0.4, 0.5) is 0 Å². The van der Waals surface area contributed by atoms with Crippen LogP contribution in [0.3, 0.4) is 0 Å². The Morgan fingerprint density at radius 1 is 1.00 bits per heavy atom. The maximum absolute atomic E-state index is 5.81. The molecule has 0 amide bonds. The van der Waals surface area contributed by atoms with E-state index in [0.29, 0.717) is 0 Å². The van der Waals surface area contributed by atoms with Crippen LogP contribution in [0.5, 0.6) is 0 Å². The van der Waals surface area contributed by atoms with Crippen LogP contribution in [0.1, 0.15) is 54.4 Å². The van der Waals surface area contributed by atoms with Gasteiger partial charge in [-0.25, -0.2) is 0 Å². The third-order valence-electron chi connectivity index (χ3n) is 3.58. The second-order valence-corrected chi connectivity index (χ2v) is 7.97. The first-order valence-corrected chi connectivity index (χ1v) is 10.7. The van der Waals surface area contributed by atoms with Crippen LogP contribution in [0, 0.1) is 0 Å². The van der Waals surface area contributed by atoms with E-state index in [4.69, 9.17) is 24.7 Å². The van der Waals surface area contributed by atoms with E-state index in [9.17, 15) is 0 Å². The average molecular weight is 339 g/mol. The van der Waals surface area contributed by atoms with E-state index in [1.54, 1.807) is 0 Å². The first kappa shape index (κ1) is 23.5. The van der Waals surface area contributed by atoms with Gasteiger partial charge in [0, 0.05) is 31.3 Å². The molecular weight excluding hydrogens is 300 g/mol. The van der Waals surface area contributed by atoms with Crippen molar-refractivity contribution in [2.24, 2.45) is 11.5 Å². The monoisotopic (exact) mass is 338 g/mol. The van der Waals surface area contributed by atoms with Crippen molar-refractivity contribution < 1.29 is 13.3 Å². The quantitative estimate of drug-likeness (QED) is 0.576. The molecule has 5 nitrogen and oxygen atoms in total. The number of nitrogens with two attached hydrogens (primary N) is 2. The summed E-state index contributed by atoms with van der Waals surface area (Å²) in [6, 6.07) is 1.35. The zero-order valence-electron chi connectivity index (χ0n) is 15.1. The Bertz CT molecular complexity index is 228. The number of rotatable bonds is 10. The Labute approximate surface area is 136 Å². The smallest absolute Gasteiger partial charge is 0.322 e. The molecule has 4 N–H and O–H groups in total. The molecule has 0 aliphatic carbocycles. The van der Waals surface area contributed by atoms with E-state index in [2.05, 4.69) is 13.8 Å². The van der Waals surface area contributed by atoms with Crippen molar-refractivity contribution in [1.29, 1.82) is 0 Å². The summed E-state index contributed by atoms with van der Waals surface area (Å²) >= 11 is 0. The van der Waals surface area contributed by atoms with Crippen molar-refractivity contribution in [3.05, 3.63) is 0 Å². The minimum Gasteiger partial charge on any atom is -0.421 e. The SMILES string of the molecule is CCC(N)C(C)(C)O[SiH3].CCO[SiH](CC(N)CC)OCC. The Kier molecular flexibility index (Phi) is 15.5. The van der Waals surface area contributed by atoms with Gasteiger partial charge in [0.25, 0.3) is 0 Å². The second-order valence-electron chi connectivity index (χ2n) is 5.57. The molecule has 130 valence electrons. The molecule has 0 aliphatic heterocycles. The Morgan fingerprint density at radius 3 is 1.71 bits per heavy atom. The summed E-state index contributed by atoms with van der Waals surface area (Å²) in [5, 5.41) is 0. The molecule has 0 saturated carbocycles. The largest absolute Gasteiger partial charge is 0.421 e. The highest BCUT2D eigenvalue weighted by atomic mass is 28.3. The summed E-state index contributed by atoms with van der Waals surface area (Å²) in [6.07, 6.45) is 1.99. The summed E-state index contributed by atoms with van der Waals surface area (Å²) in [6.45, 7) is 13.7. The van der Waals surface area contributed by atoms with Crippen LogP contribution in [-0.4, -0.2) is 50.7 Å². The van der Waals surface area contributed by atoms with Gasteiger partial charge in [0.1, 0.15) is 10.5 Å². The van der Waals surface area contributed by atoms with Crippen LogP contribution < -0.4 is 11.5 Å². The molecule has 0 fully saturated rings. The summed E-state index contributed by atoms with van der Waals surface area (Å²) in [5.41, 5.74) is 11.5. The van der Waals surface area contributed by atoms with Gasteiger partial charge in [-0.15, -0.1) is 0 Å². The standard InChI is InChI=1S/C8H21NO2Si.C6H17NOSi/c1-4-8(9)7-12(10-5-2)11-6-3;1-4-5(7)6(2,3)8-9/h8,12H,4-7,9H2,1-3H3;5H,4,7H2,1-3,9H3. The van der Waals surface area contributed by atoms with Gasteiger partial charge < -0.3 is 24.7 Å². The van der Waals surface area contributed by atoms with Crippen molar-refractivity contribution in [1.82, 2.24) is 0 Å². The van der Waals surface area contributed by atoms with E-state index in [0.717, 1.165) is 42.6 Å². The normalized spacial score (nSPS) is 14.7. The fraction of sp³-hybridized carbons (Fsp3) is 1.00. The van der Waals surface area contributed by atoms with E-state index < -0.39 is 9.28 Å². The molecule has 0 rings (SSSR count). The third kappa shape index (κ3) is 12.5. The third-order valence-corrected chi connectivity index (χ3v) is 7.04. The van der Waals surface area contributed by atoms with E-state index >= 15 is 0 Å². The van der Waals surface area contributed by atoms with Crippen LogP contribution in [-0.2, 0) is 13.3 Å². The lowest BCUT2D eigenvalue weighted by molar-refractivity contribution is 0.0898. The average Bonchev–Trinajstić information content (AvgIpc) is 2.47. The van der Waals surface area contributed by atoms with Crippen LogP contribution in [0.2, 0.25) is 6.04 Å². The first-order valence-electron chi connectivity index (χ1n) is 8.08. The maximum Gasteiger partial charge on any atom is 0.322 e. The molecule has 0 aliphatic rings. The van der Waals surface area contributed by atoms with Crippen molar-refractivity contribution >= 4 is 19.8 Å². The topological polar surface area (TPSA) is 79.7 Å². The van der Waals surface area contributed by atoms with Gasteiger partial charge in [-0.3, -0.25) is 0 Å². The molecule has 0 bridgehead atoms. The molecule has 0 saturated heterocycles. The lowest BCUT2D eigenvalue weighted by Crippen LogP contribution is -2.44. The summed E-state index contributed by atoms with van der Waals surface area (Å²) in [7, 11) is -0.665. The summed E-state index contributed by atoms with van der Waals surface area (Å²) in [5.74, 6) is 0. The van der Waals surface area contributed by atoms with Gasteiger partial charge in [0.2, 0.25) is 0 Å². The van der Waals surface area contributed by atoms with E-state index in [-0.39, 0.29) is 17.7 Å². The van der Waals surface area contributed by atoms with Crippen molar-refractivity contribution in [2.75, 3.05) is 13.2 Å². The molecule has 0 spiro atoms. The fourth-order valence-electron chi connectivity index (χ4n) is 1.61. The highest BCUT2D eigenvalue weighted by Gasteiger charge is 2.22. The highest BCUT2D eigenvalue weighted by Crippen LogP contribution is 2.12. The molecular formula is C14H38N2O3Si2. The molecule has 0 aromatic rings. The van der Waals surface area contributed by atoms with Gasteiger partial charge in [-0.1, -0.05) is 13.8 Å². The van der Waals surface area contributed by atoms with Crippen LogP contribution in [0.15, 0.2) is 0 Å². The number of hydrogen-bond donors (Lipinski definition) is 2. The van der Waals surface area contributed by atoms with E-state index in [1.807, 2.05) is 27.7 Å².